The van der Waals surface area contributed by atoms with Crippen LogP contribution in [0, 0.1) is 5.92 Å². The number of rotatable bonds is 3. The van der Waals surface area contributed by atoms with Crippen molar-refractivity contribution in [3.05, 3.63) is 0 Å². The maximum atomic E-state index is 12.4. The number of nitrogens with one attached hydrogen (secondary N) is 2. The molecule has 1 heterocycles. The Morgan fingerprint density at radius 1 is 1.26 bits per heavy atom. The van der Waals surface area contributed by atoms with E-state index in [0.717, 1.165) is 18.9 Å². The molecule has 19 heavy (non-hydrogen) atoms. The third-order valence-corrected chi connectivity index (χ3v) is 4.88. The molecule has 4 heteroatoms. The lowest BCUT2D eigenvalue weighted by Crippen LogP contribution is -2.58. The summed E-state index contributed by atoms with van der Waals surface area (Å²) < 4.78 is 0. The van der Waals surface area contributed by atoms with E-state index >= 15 is 0 Å². The van der Waals surface area contributed by atoms with Gasteiger partial charge in [0.05, 0.1) is 5.54 Å². The molecule has 1 aliphatic carbocycles. The van der Waals surface area contributed by atoms with Crippen molar-refractivity contribution in [2.24, 2.45) is 5.92 Å². The fraction of sp³-hybridized carbons (Fsp3) is 0.933. The second-order valence-electron chi connectivity index (χ2n) is 6.32. The Morgan fingerprint density at radius 3 is 2.47 bits per heavy atom. The maximum absolute atomic E-state index is 12.4. The average Bonchev–Trinajstić information content (AvgIpc) is 2.40. The second kappa shape index (κ2) is 7.49. The fourth-order valence-electron chi connectivity index (χ4n) is 3.31. The Balaban J connectivity index is 0.00000180. The smallest absolute Gasteiger partial charge is 0.240 e. The Bertz CT molecular complexity index is 282. The van der Waals surface area contributed by atoms with E-state index in [0.29, 0.717) is 6.04 Å². The minimum Gasteiger partial charge on any atom is -0.352 e. The van der Waals surface area contributed by atoms with Crippen molar-refractivity contribution in [3.8, 4) is 0 Å². The predicted octanol–water partition coefficient (Wildman–Crippen LogP) is 3.03. The molecule has 0 aromatic heterocycles. The molecule has 3 nitrogen and oxygen atoms in total. The number of amides is 1. The lowest BCUT2D eigenvalue weighted by Gasteiger charge is -2.36. The van der Waals surface area contributed by atoms with E-state index in [-0.39, 0.29) is 23.9 Å². The van der Waals surface area contributed by atoms with E-state index in [1.54, 1.807) is 0 Å². The molecule has 2 rings (SSSR count). The second-order valence-corrected chi connectivity index (χ2v) is 6.32. The molecule has 1 atom stereocenters. The first kappa shape index (κ1) is 16.8. The van der Waals surface area contributed by atoms with Gasteiger partial charge in [-0.05, 0) is 64.3 Å². The Morgan fingerprint density at radius 2 is 1.95 bits per heavy atom. The zero-order chi connectivity index (χ0) is 13.0. The van der Waals surface area contributed by atoms with E-state index in [2.05, 4.69) is 24.5 Å². The summed E-state index contributed by atoms with van der Waals surface area (Å²) in [4.78, 5) is 12.4. The van der Waals surface area contributed by atoms with Crippen LogP contribution in [0.25, 0.3) is 0 Å². The third-order valence-electron chi connectivity index (χ3n) is 4.88. The van der Waals surface area contributed by atoms with Gasteiger partial charge in [0.15, 0.2) is 0 Å². The Labute approximate surface area is 123 Å². The monoisotopic (exact) mass is 288 g/mol. The van der Waals surface area contributed by atoms with Crippen LogP contribution in [0.1, 0.15) is 65.2 Å². The van der Waals surface area contributed by atoms with Crippen LogP contribution in [0.15, 0.2) is 0 Å². The molecule has 2 N–H and O–H groups in total. The molecule has 2 fully saturated rings. The predicted molar refractivity (Wildman–Crippen MR) is 81.7 cm³/mol. The highest BCUT2D eigenvalue weighted by Gasteiger charge is 2.35. The fourth-order valence-corrected chi connectivity index (χ4v) is 3.31. The molecule has 1 unspecified atom stereocenters. The molecule has 112 valence electrons. The average molecular weight is 289 g/mol. The summed E-state index contributed by atoms with van der Waals surface area (Å²) in [6.45, 7) is 5.31. The van der Waals surface area contributed by atoms with Crippen LogP contribution in [0.5, 0.6) is 0 Å². The third kappa shape index (κ3) is 4.35. The molecular formula is C15H29ClN2O. The van der Waals surface area contributed by atoms with Gasteiger partial charge in [-0.2, -0.15) is 0 Å². The molecule has 0 radical (unpaired) electrons. The first-order chi connectivity index (χ1) is 8.64. The quantitative estimate of drug-likeness (QED) is 0.838. The number of halogens is 1. The van der Waals surface area contributed by atoms with E-state index in [1.807, 2.05) is 0 Å². The Hall–Kier alpha value is -0.280. The van der Waals surface area contributed by atoms with E-state index < -0.39 is 0 Å². The molecule has 0 spiro atoms. The van der Waals surface area contributed by atoms with Crippen LogP contribution in [0.2, 0.25) is 0 Å². The van der Waals surface area contributed by atoms with Gasteiger partial charge in [-0.15, -0.1) is 12.4 Å². The van der Waals surface area contributed by atoms with Crippen LogP contribution in [-0.4, -0.2) is 24.0 Å². The van der Waals surface area contributed by atoms with Crippen molar-refractivity contribution in [3.63, 3.8) is 0 Å². The SMILES string of the molecule is CCC1CCC(NC(=O)C2(C)CCCCN2)CC1.Cl. The molecule has 1 saturated heterocycles. The summed E-state index contributed by atoms with van der Waals surface area (Å²) in [5.74, 6) is 1.11. The van der Waals surface area contributed by atoms with E-state index in [1.165, 1.54) is 44.9 Å². The Kier molecular flexibility index (Phi) is 6.61. The first-order valence-corrected chi connectivity index (χ1v) is 7.70. The molecular weight excluding hydrogens is 260 g/mol. The molecule has 1 aliphatic heterocycles. The van der Waals surface area contributed by atoms with Crippen molar-refractivity contribution in [2.45, 2.75) is 76.8 Å². The maximum Gasteiger partial charge on any atom is 0.240 e. The standard InChI is InChI=1S/C15H28N2O.ClH/c1-3-12-6-8-13(9-7-12)17-14(18)15(2)10-4-5-11-16-15;/h12-13,16H,3-11H2,1-2H3,(H,17,18);1H. The van der Waals surface area contributed by atoms with Gasteiger partial charge in [-0.3, -0.25) is 4.79 Å². The van der Waals surface area contributed by atoms with Gasteiger partial charge < -0.3 is 10.6 Å². The first-order valence-electron chi connectivity index (χ1n) is 7.70. The van der Waals surface area contributed by atoms with Crippen LogP contribution in [0.3, 0.4) is 0 Å². The van der Waals surface area contributed by atoms with Crippen LogP contribution in [0.4, 0.5) is 0 Å². The van der Waals surface area contributed by atoms with Crippen molar-refractivity contribution in [1.82, 2.24) is 10.6 Å². The van der Waals surface area contributed by atoms with Crippen LogP contribution < -0.4 is 10.6 Å². The highest BCUT2D eigenvalue weighted by Crippen LogP contribution is 2.27. The number of carbonyl (C=O) groups excluding carboxylic acids is 1. The zero-order valence-electron chi connectivity index (χ0n) is 12.3. The minimum atomic E-state index is -0.320. The van der Waals surface area contributed by atoms with Crippen LogP contribution in [-0.2, 0) is 4.79 Å². The summed E-state index contributed by atoms with van der Waals surface area (Å²) >= 11 is 0. The molecule has 0 aromatic rings. The summed E-state index contributed by atoms with van der Waals surface area (Å²) in [5, 5.41) is 6.67. The highest BCUT2D eigenvalue weighted by atomic mass is 35.5. The molecule has 2 aliphatic rings. The normalized spacial score (nSPS) is 35.3. The van der Waals surface area contributed by atoms with Gasteiger partial charge in [0.1, 0.15) is 0 Å². The topological polar surface area (TPSA) is 41.1 Å². The molecule has 0 bridgehead atoms. The lowest BCUT2D eigenvalue weighted by molar-refractivity contribution is -0.129. The number of piperidine rings is 1. The van der Waals surface area contributed by atoms with Gasteiger partial charge in [0.2, 0.25) is 5.91 Å². The van der Waals surface area contributed by atoms with Crippen molar-refractivity contribution >= 4 is 18.3 Å². The zero-order valence-corrected chi connectivity index (χ0v) is 13.2. The molecule has 1 amide bonds. The van der Waals surface area contributed by atoms with Crippen molar-refractivity contribution < 1.29 is 4.79 Å². The highest BCUT2D eigenvalue weighted by molar-refractivity contribution is 5.86. The summed E-state index contributed by atoms with van der Waals surface area (Å²) in [5.41, 5.74) is -0.320. The number of hydrogen-bond acceptors (Lipinski definition) is 2. The summed E-state index contributed by atoms with van der Waals surface area (Å²) in [7, 11) is 0. The van der Waals surface area contributed by atoms with Crippen LogP contribution >= 0.6 is 12.4 Å². The summed E-state index contributed by atoms with van der Waals surface area (Å²) in [6.07, 6.45) is 9.53. The van der Waals surface area contributed by atoms with Gasteiger partial charge in [0, 0.05) is 6.04 Å². The number of hydrogen-bond donors (Lipinski definition) is 2. The van der Waals surface area contributed by atoms with Gasteiger partial charge >= 0.3 is 0 Å². The lowest BCUT2D eigenvalue weighted by atomic mass is 9.83. The minimum absolute atomic E-state index is 0. The van der Waals surface area contributed by atoms with Gasteiger partial charge in [0.25, 0.3) is 0 Å². The number of carbonyl (C=O) groups is 1. The largest absolute Gasteiger partial charge is 0.352 e. The van der Waals surface area contributed by atoms with E-state index in [4.69, 9.17) is 0 Å². The summed E-state index contributed by atoms with van der Waals surface area (Å²) in [6, 6.07) is 0.417. The van der Waals surface area contributed by atoms with Crippen molar-refractivity contribution in [2.75, 3.05) is 6.54 Å². The van der Waals surface area contributed by atoms with Gasteiger partial charge in [-0.25, -0.2) is 0 Å². The van der Waals surface area contributed by atoms with Crippen molar-refractivity contribution in [1.29, 1.82) is 0 Å². The molecule has 1 saturated carbocycles. The molecule has 0 aromatic carbocycles. The van der Waals surface area contributed by atoms with Gasteiger partial charge in [-0.1, -0.05) is 13.3 Å². The van der Waals surface area contributed by atoms with E-state index in [9.17, 15) is 4.79 Å².